The zero-order valence-corrected chi connectivity index (χ0v) is 81.9. The van der Waals surface area contributed by atoms with Gasteiger partial charge in [-0.3, -0.25) is 89.4 Å². The predicted molar refractivity (Wildman–Crippen MR) is 512 cm³/mol. The second-order valence-electron chi connectivity index (χ2n) is 45.9. The van der Waals surface area contributed by atoms with E-state index in [-0.39, 0.29) is 84.9 Å². The van der Waals surface area contributed by atoms with Crippen LogP contribution in [0.5, 0.6) is 0 Å². The minimum atomic E-state index is -0.677. The van der Waals surface area contributed by atoms with Crippen molar-refractivity contribution >= 4 is 35.4 Å². The quantitative estimate of drug-likeness (QED) is 0.0258. The minimum absolute atomic E-state index is 0.0283. The van der Waals surface area contributed by atoms with Crippen molar-refractivity contribution in [2.75, 3.05) is 58.9 Å². The Hall–Kier alpha value is -8.84. The zero-order valence-electron chi connectivity index (χ0n) is 81.9. The molecule has 10 heterocycles. The predicted octanol–water partition coefficient (Wildman–Crippen LogP) is 17.3. The number of ether oxygens (including phenoxy) is 2. The molecule has 0 radical (unpaired) electrons. The average Bonchev–Trinajstić information content (AvgIpc) is 1.45. The number of halogens is 6. The molecule has 141 heavy (non-hydrogen) atoms. The molecule has 6 aromatic carbocycles. The Morgan fingerprint density at radius 3 is 1.06 bits per heavy atom. The van der Waals surface area contributed by atoms with E-state index < -0.39 is 35.4 Å². The molecule has 5 atom stereocenters. The van der Waals surface area contributed by atoms with Crippen molar-refractivity contribution in [3.8, 4) is 0 Å². The highest BCUT2D eigenvalue weighted by atomic mass is 19.1. The Balaban J connectivity index is 0.000000112. The fraction of sp³-hybridized carbons (Fsp3) is 0.615. The summed E-state index contributed by atoms with van der Waals surface area (Å²) in [4.78, 5) is 83.1. The second kappa shape index (κ2) is 43.4. The monoisotopic (exact) mass is 1960 g/mol. The lowest BCUT2D eigenvalue weighted by molar-refractivity contribution is -0.227. The van der Waals surface area contributed by atoms with E-state index in [9.17, 15) is 55.1 Å². The summed E-state index contributed by atoms with van der Waals surface area (Å²) >= 11 is 0. The van der Waals surface area contributed by atoms with Gasteiger partial charge in [0.15, 0.2) is 0 Å². The molecule has 12 N–H and O–H groups in total. The molecule has 9 aliphatic carbocycles. The number of hydrogen-bond acceptors (Lipinski definition) is 20. The van der Waals surface area contributed by atoms with Crippen LogP contribution in [-0.4, -0.2) is 190 Å². The summed E-state index contributed by atoms with van der Waals surface area (Å²) in [5, 5.41) is 52.3. The molecule has 4 saturated heterocycles. The third-order valence-electron chi connectivity index (χ3n) is 34.8. The normalized spacial score (nSPS) is 26.6. The van der Waals surface area contributed by atoms with Crippen LogP contribution in [0.1, 0.15) is 336 Å². The Morgan fingerprint density at radius 1 is 0.348 bits per heavy atom. The van der Waals surface area contributed by atoms with Crippen LogP contribution in [0.2, 0.25) is 0 Å². The first-order valence-electron chi connectivity index (χ1n) is 52.0. The van der Waals surface area contributed by atoms with E-state index in [1.165, 1.54) is 202 Å². The van der Waals surface area contributed by atoms with Crippen molar-refractivity contribution in [1.29, 1.82) is 0 Å². The highest BCUT2D eigenvalue weighted by Crippen LogP contribution is 2.58. The number of fused-ring (bicyclic) bond motifs is 6. The van der Waals surface area contributed by atoms with Gasteiger partial charge >= 0.3 is 0 Å². The molecule has 25 rings (SSSR count). The smallest absolute Gasteiger partial charge is 0.274 e. The van der Waals surface area contributed by atoms with Crippen molar-refractivity contribution in [3.63, 3.8) is 0 Å². The average molecular weight is 1960 g/mol. The summed E-state index contributed by atoms with van der Waals surface area (Å²) in [6, 6.07) is 18.7. The third kappa shape index (κ3) is 23.2. The molecule has 5 unspecified atom stereocenters. The van der Waals surface area contributed by atoms with Gasteiger partial charge < -0.3 is 9.47 Å². The van der Waals surface area contributed by atoms with Gasteiger partial charge in [-0.05, 0) is 313 Å². The number of amides is 6. The lowest BCUT2D eigenvalue weighted by Crippen LogP contribution is -2.59. The molecule has 8 bridgehead atoms. The van der Waals surface area contributed by atoms with Crippen LogP contribution in [-0.2, 0) is 87.4 Å². The highest BCUT2D eigenvalue weighted by Gasteiger charge is 2.56. The third-order valence-corrected chi connectivity index (χ3v) is 34.8. The summed E-state index contributed by atoms with van der Waals surface area (Å²) < 4.78 is 99.3. The van der Waals surface area contributed by atoms with Gasteiger partial charge in [-0.1, -0.05) is 78.6 Å². The lowest BCUT2D eigenvalue weighted by Gasteiger charge is -2.57. The lowest BCUT2D eigenvalue weighted by atomic mass is 9.56. The number of rotatable bonds is 15. The van der Waals surface area contributed by atoms with Gasteiger partial charge in [0.2, 0.25) is 0 Å². The van der Waals surface area contributed by atoms with Crippen molar-refractivity contribution in [3.05, 3.63) is 208 Å². The molecule has 6 aromatic rings. The first kappa shape index (κ1) is 102. The zero-order chi connectivity index (χ0) is 99.0. The van der Waals surface area contributed by atoms with Crippen LogP contribution >= 0.6 is 0 Å². The van der Waals surface area contributed by atoms with E-state index in [4.69, 9.17) is 40.7 Å². The van der Waals surface area contributed by atoms with Crippen LogP contribution in [0.25, 0.3) is 0 Å². The Bertz CT molecular complexity index is 5530. The molecular weight excluding hydrogens is 1820 g/mol. The Morgan fingerprint density at radius 2 is 0.674 bits per heavy atom. The van der Waals surface area contributed by atoms with Crippen molar-refractivity contribution in [2.24, 2.45) is 45.8 Å². The molecule has 26 nitrogen and oxygen atoms in total. The van der Waals surface area contributed by atoms with Crippen LogP contribution in [0.3, 0.4) is 0 Å². The first-order valence-corrected chi connectivity index (χ1v) is 52.0. The largest absolute Gasteiger partial charge is 0.370 e. The molecule has 2 spiro atoms. The number of nitrogens with zero attached hydrogens (tertiary/aromatic N) is 6. The molecule has 9 saturated carbocycles. The van der Waals surface area contributed by atoms with Gasteiger partial charge in [-0.25, -0.2) is 59.2 Å². The first-order chi connectivity index (χ1) is 67.8. The molecule has 19 aliphatic rings. The fourth-order valence-electron chi connectivity index (χ4n) is 28.7. The molecular formula is C109H142F6N12O14. The van der Waals surface area contributed by atoms with Crippen LogP contribution in [0.15, 0.2) is 72.8 Å². The van der Waals surface area contributed by atoms with Crippen LogP contribution < -0.4 is 32.9 Å². The Kier molecular flexibility index (Phi) is 31.5. The summed E-state index contributed by atoms with van der Waals surface area (Å²) in [6.07, 6.45) is 42.1. The number of carbonyl (C=O) groups is 6. The van der Waals surface area contributed by atoms with Crippen molar-refractivity contribution < 1.29 is 95.8 Å². The van der Waals surface area contributed by atoms with Gasteiger partial charge in [-0.15, -0.1) is 0 Å². The number of hydroxylamine groups is 6. The van der Waals surface area contributed by atoms with Crippen LogP contribution in [0, 0.1) is 80.7 Å². The number of nitrogens with one attached hydrogen (secondary N) is 6. The molecule has 32 heteroatoms. The molecule has 10 aliphatic heterocycles. The molecule has 13 fully saturated rings. The van der Waals surface area contributed by atoms with E-state index in [0.29, 0.717) is 110 Å². The highest BCUT2D eigenvalue weighted by molar-refractivity contribution is 5.96. The van der Waals surface area contributed by atoms with Gasteiger partial charge in [0.1, 0.15) is 34.9 Å². The van der Waals surface area contributed by atoms with Gasteiger partial charge in [0, 0.05) is 184 Å². The maximum Gasteiger partial charge on any atom is 0.274 e. The minimum Gasteiger partial charge on any atom is -0.370 e. The van der Waals surface area contributed by atoms with Crippen molar-refractivity contribution in [1.82, 2.24) is 62.3 Å². The summed E-state index contributed by atoms with van der Waals surface area (Å²) in [7, 11) is 0. The summed E-state index contributed by atoms with van der Waals surface area (Å²) in [5.41, 5.74) is 21.0. The van der Waals surface area contributed by atoms with E-state index >= 15 is 0 Å². The number of hydrogen-bond donors (Lipinski definition) is 12. The Labute approximate surface area is 822 Å². The SMILES string of the molecule is CC(C)(C)CN1CCc2cc(C(=O)NO)cc(F)c2C1.O=C(NO)c1cc(F)c2c(c1)CCN(C1CC3(CCCCC3)C1)C2.O=C(NO)c1cc(F)c2c(c1)CCN(C1CCC13CCCCC3)C2.O=C(NO)c1cc(F)c2c(c1)CCN(CC13CC4CC(CC(C4)O1)C3)C2.O=C(NO)c1cc(F)c2c(c1)CCN(CC1CCCCC1)C2.O=C(NO)c1cc(F)c2c(c1)CN(CC13CC4CC(CC(C4)O1)C3)C2. The molecule has 0 aromatic heterocycles. The van der Waals surface area contributed by atoms with Crippen molar-refractivity contribution in [2.45, 2.75) is 320 Å². The van der Waals surface area contributed by atoms with Crippen LogP contribution in [0.4, 0.5) is 26.3 Å². The standard InChI is InChI=1S/C20H25FN2O3.C19H23FN2O3.2C19H25FN2O2.C17H23FN2O2.C15H21FN2O2/c21-18-7-15(19(24)22-25)6-14-1-2-23(10-17(14)18)11-20-8-12-3-13(9-20)5-16(4-12)26-20;20-17-5-13(18(23)21-24)4-14-8-22(9-16(14)17)10-19-6-11-1-12(7-19)3-15(2-11)25-19;20-16-11-14(18(23)21-24)10-13-5-9-22(12-15(13)16)17-4-8-19(17)6-2-1-3-7-19;20-17-9-14(18(23)21-24)8-13-4-7-22(12-16(13)17)15-10-19(11-15)5-2-1-3-6-19;18-16-9-14(17(21)19-22)8-13-6-7-20(11-15(13)16)10-12-4-2-1-3-5-12;1-15(2,3)9-18-5-4-10-6-11(14(19)17-20)7-13(16)12(10)8-18/h6-7,12-13,16,25H,1-5,8-11H2,(H,22,24);4-5,11-12,15,24H,1-3,6-10H2,(H,21,23);10-11,17,24H,1-9,12H2,(H,21,23);8-9,15,24H,1-7,10-12H2,(H,21,23);8-9,12,22H,1-7,10-11H2,(H,19,21);6-7,20H,4-5,8-9H2,1-3H3,(H,17,19). The molecule has 764 valence electrons. The second-order valence-corrected chi connectivity index (χ2v) is 45.9. The maximum atomic E-state index is 14.6. The van der Waals surface area contributed by atoms with E-state index in [1.54, 1.807) is 63.8 Å². The van der Waals surface area contributed by atoms with E-state index in [1.807, 2.05) is 0 Å². The van der Waals surface area contributed by atoms with Gasteiger partial charge in [0.25, 0.3) is 35.4 Å². The summed E-state index contributed by atoms with van der Waals surface area (Å²) in [5.74, 6) is -2.13. The number of carbonyl (C=O) groups excluding carboxylic acids is 6. The van der Waals surface area contributed by atoms with Gasteiger partial charge in [0.05, 0.1) is 23.4 Å². The number of benzene rings is 6. The summed E-state index contributed by atoms with van der Waals surface area (Å²) in [6.45, 7) is 18.9. The maximum absolute atomic E-state index is 14.6. The topological polar surface area (TPSA) is 334 Å². The fourth-order valence-corrected chi connectivity index (χ4v) is 28.7. The molecule has 6 amide bonds. The van der Waals surface area contributed by atoms with E-state index in [0.717, 1.165) is 184 Å². The van der Waals surface area contributed by atoms with E-state index in [2.05, 4.69) is 50.2 Å². The van der Waals surface area contributed by atoms with Gasteiger partial charge in [-0.2, -0.15) is 0 Å².